The Kier molecular flexibility index (Phi) is 2.14. The molecule has 3 nitrogen and oxygen atoms in total. The predicted octanol–water partition coefficient (Wildman–Crippen LogP) is 1.77. The van der Waals surface area contributed by atoms with Crippen LogP contribution in [0.15, 0.2) is 12.5 Å². The number of hydrogen-bond donors (Lipinski definition) is 1. The molecule has 0 spiro atoms. The maximum Gasteiger partial charge on any atom is 0.108 e. The summed E-state index contributed by atoms with van der Waals surface area (Å²) in [6.45, 7) is 7.03. The molecule has 14 heavy (non-hydrogen) atoms. The minimum atomic E-state index is -0.736. The average Bonchev–Trinajstić information content (AvgIpc) is 2.69. The average molecular weight is 194 g/mol. The Morgan fingerprint density at radius 1 is 1.71 bits per heavy atom. The first-order valence-electron chi connectivity index (χ1n) is 5.30. The molecule has 3 heteroatoms. The van der Waals surface area contributed by atoms with Crippen molar-refractivity contribution in [3.63, 3.8) is 0 Å². The highest BCUT2D eigenvalue weighted by Crippen LogP contribution is 2.49. The van der Waals surface area contributed by atoms with E-state index in [0.29, 0.717) is 11.8 Å². The highest BCUT2D eigenvalue weighted by molar-refractivity contribution is 5.14. The molecule has 0 aliphatic heterocycles. The molecule has 1 fully saturated rings. The van der Waals surface area contributed by atoms with E-state index >= 15 is 0 Å². The summed E-state index contributed by atoms with van der Waals surface area (Å²) in [5.41, 5.74) is 0.0773. The number of imidazole rings is 1. The lowest BCUT2D eigenvalue weighted by atomic mass is 9.95. The summed E-state index contributed by atoms with van der Waals surface area (Å²) >= 11 is 0. The molecule has 1 saturated carbocycles. The van der Waals surface area contributed by atoms with Crippen LogP contribution in [0.3, 0.4) is 0 Å². The molecule has 0 radical (unpaired) electrons. The van der Waals surface area contributed by atoms with Gasteiger partial charge in [0.25, 0.3) is 0 Å². The summed E-state index contributed by atoms with van der Waals surface area (Å²) in [4.78, 5) is 4.27. The number of rotatable bonds is 3. The Balaban J connectivity index is 2.20. The molecular formula is C11H18N2O. The van der Waals surface area contributed by atoms with Gasteiger partial charge < -0.3 is 9.67 Å². The maximum absolute atomic E-state index is 10.3. The first kappa shape index (κ1) is 9.71. The molecule has 2 rings (SSSR count). The first-order chi connectivity index (χ1) is 6.55. The van der Waals surface area contributed by atoms with Crippen molar-refractivity contribution >= 4 is 0 Å². The molecule has 3 atom stereocenters. The molecule has 1 heterocycles. The van der Waals surface area contributed by atoms with Crippen LogP contribution in [-0.2, 0) is 12.1 Å². The third kappa shape index (κ3) is 1.46. The zero-order chi connectivity index (χ0) is 10.3. The van der Waals surface area contributed by atoms with Gasteiger partial charge in [-0.25, -0.2) is 4.98 Å². The molecule has 1 aromatic heterocycles. The SMILES string of the molecule is CCn1cnc(C(C)(O)C2CC2C)c1. The van der Waals surface area contributed by atoms with E-state index in [2.05, 4.69) is 18.8 Å². The number of aliphatic hydroxyl groups is 1. The van der Waals surface area contributed by atoms with E-state index in [9.17, 15) is 5.11 Å². The van der Waals surface area contributed by atoms with E-state index in [-0.39, 0.29) is 0 Å². The van der Waals surface area contributed by atoms with Gasteiger partial charge in [-0.05, 0) is 32.1 Å². The number of aromatic nitrogens is 2. The van der Waals surface area contributed by atoms with Crippen molar-refractivity contribution in [1.82, 2.24) is 9.55 Å². The smallest absolute Gasteiger partial charge is 0.108 e. The van der Waals surface area contributed by atoms with Gasteiger partial charge in [-0.15, -0.1) is 0 Å². The van der Waals surface area contributed by atoms with Gasteiger partial charge in [-0.2, -0.15) is 0 Å². The Morgan fingerprint density at radius 2 is 2.36 bits per heavy atom. The highest BCUT2D eigenvalue weighted by Gasteiger charge is 2.48. The van der Waals surface area contributed by atoms with Gasteiger partial charge in [0.2, 0.25) is 0 Å². The van der Waals surface area contributed by atoms with E-state index in [1.807, 2.05) is 17.7 Å². The third-order valence-corrected chi connectivity index (χ3v) is 3.35. The van der Waals surface area contributed by atoms with E-state index in [4.69, 9.17) is 0 Å². The highest BCUT2D eigenvalue weighted by atomic mass is 16.3. The molecular weight excluding hydrogens is 176 g/mol. The summed E-state index contributed by atoms with van der Waals surface area (Å²) in [5.74, 6) is 1.03. The summed E-state index contributed by atoms with van der Waals surface area (Å²) < 4.78 is 2.00. The zero-order valence-corrected chi connectivity index (χ0v) is 9.07. The lowest BCUT2D eigenvalue weighted by Gasteiger charge is -2.20. The predicted molar refractivity (Wildman–Crippen MR) is 54.7 cm³/mol. The van der Waals surface area contributed by atoms with E-state index < -0.39 is 5.60 Å². The lowest BCUT2D eigenvalue weighted by Crippen LogP contribution is -2.25. The molecule has 3 unspecified atom stereocenters. The van der Waals surface area contributed by atoms with E-state index in [0.717, 1.165) is 18.7 Å². The fourth-order valence-corrected chi connectivity index (χ4v) is 2.09. The Hall–Kier alpha value is -0.830. The monoisotopic (exact) mass is 194 g/mol. The Labute approximate surface area is 84.8 Å². The van der Waals surface area contributed by atoms with Crippen molar-refractivity contribution in [3.8, 4) is 0 Å². The van der Waals surface area contributed by atoms with Crippen LogP contribution in [0.1, 0.15) is 32.9 Å². The van der Waals surface area contributed by atoms with Gasteiger partial charge >= 0.3 is 0 Å². The van der Waals surface area contributed by atoms with Gasteiger partial charge in [-0.3, -0.25) is 0 Å². The zero-order valence-electron chi connectivity index (χ0n) is 9.07. The van der Waals surface area contributed by atoms with Gasteiger partial charge in [0.15, 0.2) is 0 Å². The second-order valence-electron chi connectivity index (χ2n) is 4.56. The van der Waals surface area contributed by atoms with Crippen LogP contribution in [0.5, 0.6) is 0 Å². The van der Waals surface area contributed by atoms with Crippen molar-refractivity contribution in [1.29, 1.82) is 0 Å². The minimum absolute atomic E-state index is 0.391. The van der Waals surface area contributed by atoms with Crippen molar-refractivity contribution in [2.75, 3.05) is 0 Å². The number of hydrogen-bond acceptors (Lipinski definition) is 2. The quantitative estimate of drug-likeness (QED) is 0.796. The van der Waals surface area contributed by atoms with Gasteiger partial charge in [-0.1, -0.05) is 6.92 Å². The Bertz CT molecular complexity index is 330. The van der Waals surface area contributed by atoms with Crippen molar-refractivity contribution in [3.05, 3.63) is 18.2 Å². The first-order valence-corrected chi connectivity index (χ1v) is 5.30. The lowest BCUT2D eigenvalue weighted by molar-refractivity contribution is 0.0242. The minimum Gasteiger partial charge on any atom is -0.383 e. The molecule has 78 valence electrons. The fourth-order valence-electron chi connectivity index (χ4n) is 2.09. The number of nitrogens with zero attached hydrogens (tertiary/aromatic N) is 2. The molecule has 0 bridgehead atoms. The van der Waals surface area contributed by atoms with E-state index in [1.165, 1.54) is 0 Å². The summed E-state index contributed by atoms with van der Waals surface area (Å²) in [7, 11) is 0. The third-order valence-electron chi connectivity index (χ3n) is 3.35. The largest absolute Gasteiger partial charge is 0.383 e. The van der Waals surface area contributed by atoms with Gasteiger partial charge in [0.1, 0.15) is 5.60 Å². The van der Waals surface area contributed by atoms with Gasteiger partial charge in [0, 0.05) is 12.7 Å². The van der Waals surface area contributed by atoms with Crippen LogP contribution in [-0.4, -0.2) is 14.7 Å². The van der Waals surface area contributed by atoms with Gasteiger partial charge in [0.05, 0.1) is 12.0 Å². The van der Waals surface area contributed by atoms with Crippen LogP contribution in [0.25, 0.3) is 0 Å². The molecule has 1 N–H and O–H groups in total. The van der Waals surface area contributed by atoms with Crippen LogP contribution >= 0.6 is 0 Å². The molecule has 1 aromatic rings. The molecule has 0 amide bonds. The summed E-state index contributed by atoms with van der Waals surface area (Å²) in [6, 6.07) is 0. The Morgan fingerprint density at radius 3 is 2.79 bits per heavy atom. The van der Waals surface area contributed by atoms with Crippen LogP contribution in [0.2, 0.25) is 0 Å². The standard InChI is InChI=1S/C11H18N2O/c1-4-13-6-10(12-7-13)11(3,14)9-5-8(9)2/h6-9,14H,4-5H2,1-3H3. The summed E-state index contributed by atoms with van der Waals surface area (Å²) in [5, 5.41) is 10.3. The normalized spacial score (nSPS) is 30.0. The van der Waals surface area contributed by atoms with E-state index in [1.54, 1.807) is 6.33 Å². The number of aryl methyl sites for hydroxylation is 1. The molecule has 0 saturated heterocycles. The fraction of sp³-hybridized carbons (Fsp3) is 0.727. The van der Waals surface area contributed by atoms with Crippen LogP contribution < -0.4 is 0 Å². The van der Waals surface area contributed by atoms with Crippen molar-refractivity contribution in [2.45, 2.75) is 39.3 Å². The molecule has 1 aliphatic rings. The second kappa shape index (κ2) is 3.09. The maximum atomic E-state index is 10.3. The molecule has 0 aromatic carbocycles. The topological polar surface area (TPSA) is 38.0 Å². The van der Waals surface area contributed by atoms with Crippen molar-refractivity contribution in [2.24, 2.45) is 11.8 Å². The van der Waals surface area contributed by atoms with Crippen LogP contribution in [0, 0.1) is 11.8 Å². The second-order valence-corrected chi connectivity index (χ2v) is 4.56. The van der Waals surface area contributed by atoms with Crippen LogP contribution in [0.4, 0.5) is 0 Å². The van der Waals surface area contributed by atoms with Crippen molar-refractivity contribution < 1.29 is 5.11 Å². The molecule has 1 aliphatic carbocycles. The summed E-state index contributed by atoms with van der Waals surface area (Å²) in [6.07, 6.45) is 4.86.